The zero-order valence-electron chi connectivity index (χ0n) is 7.37. The van der Waals surface area contributed by atoms with Crippen molar-refractivity contribution in [3.63, 3.8) is 0 Å². The monoisotopic (exact) mass is 209 g/mol. The van der Waals surface area contributed by atoms with Crippen molar-refractivity contribution < 1.29 is 9.53 Å². The first-order valence-corrected chi connectivity index (χ1v) is 4.64. The Hall–Kier alpha value is -1.35. The van der Waals surface area contributed by atoms with Crippen LogP contribution < -0.4 is 0 Å². The fraction of sp³-hybridized carbons (Fsp3) is 0.200. The van der Waals surface area contributed by atoms with E-state index in [0.717, 1.165) is 6.42 Å². The Morgan fingerprint density at radius 2 is 2.43 bits per heavy atom. The standard InChI is InChI=1S/C10H8ClNO2/c11-8-6-12-4-3-7(8)10(13)9-2-1-5-14-9/h2-4,6H,1,5H2. The third kappa shape index (κ3) is 1.63. The number of halogens is 1. The maximum absolute atomic E-state index is 11.8. The lowest BCUT2D eigenvalue weighted by atomic mass is 10.1. The first-order valence-electron chi connectivity index (χ1n) is 4.26. The van der Waals surface area contributed by atoms with Crippen LogP contribution in [0, 0.1) is 0 Å². The quantitative estimate of drug-likeness (QED) is 0.702. The predicted octanol–water partition coefficient (Wildman–Crippen LogP) is 2.22. The molecule has 2 heterocycles. The number of hydrogen-bond donors (Lipinski definition) is 0. The number of Topliss-reactive ketones (excluding diaryl/α,β-unsaturated/α-hetero) is 1. The topological polar surface area (TPSA) is 39.2 Å². The Balaban J connectivity index is 2.31. The van der Waals surface area contributed by atoms with Crippen LogP contribution in [0.2, 0.25) is 5.02 Å². The van der Waals surface area contributed by atoms with Crippen molar-refractivity contribution >= 4 is 17.4 Å². The summed E-state index contributed by atoms with van der Waals surface area (Å²) in [5, 5.41) is 0.355. The molecule has 0 bridgehead atoms. The molecule has 0 saturated heterocycles. The maximum Gasteiger partial charge on any atom is 0.228 e. The van der Waals surface area contributed by atoms with Crippen molar-refractivity contribution in [1.82, 2.24) is 4.98 Å². The summed E-state index contributed by atoms with van der Waals surface area (Å²) in [4.78, 5) is 15.6. The lowest BCUT2D eigenvalue weighted by Gasteiger charge is -2.03. The average Bonchev–Trinajstić information content (AvgIpc) is 2.70. The molecule has 0 atom stereocenters. The summed E-state index contributed by atoms with van der Waals surface area (Å²) >= 11 is 5.83. The summed E-state index contributed by atoms with van der Waals surface area (Å²) in [6, 6.07) is 1.59. The number of aromatic nitrogens is 1. The molecular weight excluding hydrogens is 202 g/mol. The fourth-order valence-electron chi connectivity index (χ4n) is 1.27. The summed E-state index contributed by atoms with van der Waals surface area (Å²) < 4.78 is 5.16. The molecule has 0 amide bonds. The van der Waals surface area contributed by atoms with E-state index >= 15 is 0 Å². The van der Waals surface area contributed by atoms with Gasteiger partial charge < -0.3 is 4.74 Å². The molecule has 3 nitrogen and oxygen atoms in total. The Labute approximate surface area is 86.4 Å². The van der Waals surface area contributed by atoms with Crippen molar-refractivity contribution in [2.45, 2.75) is 6.42 Å². The second-order valence-corrected chi connectivity index (χ2v) is 3.30. The summed E-state index contributed by atoms with van der Waals surface area (Å²) in [5.74, 6) is 0.216. The van der Waals surface area contributed by atoms with Gasteiger partial charge in [0.05, 0.1) is 11.6 Å². The average molecular weight is 210 g/mol. The van der Waals surface area contributed by atoms with Crippen molar-refractivity contribution in [2.24, 2.45) is 0 Å². The Morgan fingerprint density at radius 3 is 3.07 bits per heavy atom. The van der Waals surface area contributed by atoms with Gasteiger partial charge in [-0.2, -0.15) is 0 Å². The Bertz CT molecular complexity index is 401. The smallest absolute Gasteiger partial charge is 0.228 e. The van der Waals surface area contributed by atoms with Crippen LogP contribution in [0.5, 0.6) is 0 Å². The van der Waals surface area contributed by atoms with Gasteiger partial charge in [0.15, 0.2) is 5.76 Å². The number of rotatable bonds is 2. The van der Waals surface area contributed by atoms with Crippen molar-refractivity contribution in [1.29, 1.82) is 0 Å². The molecule has 0 saturated carbocycles. The van der Waals surface area contributed by atoms with E-state index in [1.54, 1.807) is 12.1 Å². The molecule has 0 N–H and O–H groups in total. The first-order chi connectivity index (χ1) is 6.79. The van der Waals surface area contributed by atoms with Crippen LogP contribution in [-0.4, -0.2) is 17.4 Å². The molecule has 1 aromatic rings. The zero-order valence-corrected chi connectivity index (χ0v) is 8.12. The van der Waals surface area contributed by atoms with E-state index in [1.807, 2.05) is 0 Å². The predicted molar refractivity (Wildman–Crippen MR) is 52.2 cm³/mol. The van der Waals surface area contributed by atoms with E-state index in [1.165, 1.54) is 12.4 Å². The van der Waals surface area contributed by atoms with Crippen LogP contribution in [0.3, 0.4) is 0 Å². The van der Waals surface area contributed by atoms with E-state index < -0.39 is 0 Å². The molecule has 0 unspecified atom stereocenters. The number of ketones is 1. The minimum atomic E-state index is -0.171. The largest absolute Gasteiger partial charge is 0.489 e. The lowest BCUT2D eigenvalue weighted by Crippen LogP contribution is -2.04. The minimum absolute atomic E-state index is 0.171. The highest BCUT2D eigenvalue weighted by Gasteiger charge is 2.19. The fourth-order valence-corrected chi connectivity index (χ4v) is 1.47. The van der Waals surface area contributed by atoms with Gasteiger partial charge in [-0.1, -0.05) is 11.6 Å². The van der Waals surface area contributed by atoms with E-state index in [2.05, 4.69) is 4.98 Å². The molecule has 1 aromatic heterocycles. The highest BCUT2D eigenvalue weighted by molar-refractivity contribution is 6.34. The van der Waals surface area contributed by atoms with E-state index in [-0.39, 0.29) is 5.78 Å². The Kier molecular flexibility index (Phi) is 2.50. The molecule has 14 heavy (non-hydrogen) atoms. The molecule has 0 aliphatic carbocycles. The highest BCUT2D eigenvalue weighted by atomic mass is 35.5. The normalized spacial score (nSPS) is 14.8. The van der Waals surface area contributed by atoms with Crippen molar-refractivity contribution in [2.75, 3.05) is 6.61 Å². The number of carbonyl (C=O) groups excluding carboxylic acids is 1. The Morgan fingerprint density at radius 1 is 1.57 bits per heavy atom. The zero-order chi connectivity index (χ0) is 9.97. The molecule has 0 fully saturated rings. The summed E-state index contributed by atoms with van der Waals surface area (Å²) in [6.45, 7) is 0.573. The molecule has 1 aliphatic heterocycles. The summed E-state index contributed by atoms with van der Waals surface area (Å²) in [5.41, 5.74) is 0.440. The molecule has 0 radical (unpaired) electrons. The van der Waals surface area contributed by atoms with Crippen LogP contribution >= 0.6 is 11.6 Å². The maximum atomic E-state index is 11.8. The third-order valence-corrected chi connectivity index (χ3v) is 2.25. The van der Waals surface area contributed by atoms with Gasteiger partial charge in [0.1, 0.15) is 0 Å². The van der Waals surface area contributed by atoms with Gasteiger partial charge in [-0.3, -0.25) is 9.78 Å². The molecule has 0 spiro atoms. The van der Waals surface area contributed by atoms with E-state index in [4.69, 9.17) is 16.3 Å². The third-order valence-electron chi connectivity index (χ3n) is 1.95. The van der Waals surface area contributed by atoms with Gasteiger partial charge in [0, 0.05) is 24.4 Å². The second kappa shape index (κ2) is 3.80. The minimum Gasteiger partial charge on any atom is -0.489 e. The van der Waals surface area contributed by atoms with E-state index in [9.17, 15) is 4.79 Å². The molecule has 2 rings (SSSR count). The molecule has 1 aliphatic rings. The molecule has 0 aromatic carbocycles. The number of ether oxygens (including phenoxy) is 1. The highest BCUT2D eigenvalue weighted by Crippen LogP contribution is 2.20. The van der Waals surface area contributed by atoms with Gasteiger partial charge >= 0.3 is 0 Å². The summed E-state index contributed by atoms with van der Waals surface area (Å²) in [6.07, 6.45) is 5.54. The molecule has 4 heteroatoms. The van der Waals surface area contributed by atoms with Gasteiger partial charge in [-0.25, -0.2) is 0 Å². The number of carbonyl (C=O) groups is 1. The number of pyridine rings is 1. The van der Waals surface area contributed by atoms with Crippen LogP contribution in [-0.2, 0) is 4.74 Å². The number of hydrogen-bond acceptors (Lipinski definition) is 3. The molecule has 72 valence electrons. The van der Waals surface area contributed by atoms with Gasteiger partial charge in [-0.05, 0) is 12.1 Å². The lowest BCUT2D eigenvalue weighted by molar-refractivity contribution is 0.0942. The SMILES string of the molecule is O=C(C1=CCCO1)c1ccncc1Cl. The van der Waals surface area contributed by atoms with Crippen molar-refractivity contribution in [3.8, 4) is 0 Å². The first kappa shape index (κ1) is 9.21. The number of allylic oxidation sites excluding steroid dienone is 1. The van der Waals surface area contributed by atoms with Gasteiger partial charge in [0.2, 0.25) is 5.78 Å². The van der Waals surface area contributed by atoms with Crippen LogP contribution in [0.4, 0.5) is 0 Å². The van der Waals surface area contributed by atoms with Crippen LogP contribution in [0.15, 0.2) is 30.3 Å². The number of nitrogens with zero attached hydrogens (tertiary/aromatic N) is 1. The van der Waals surface area contributed by atoms with Gasteiger partial charge in [-0.15, -0.1) is 0 Å². The summed E-state index contributed by atoms with van der Waals surface area (Å²) in [7, 11) is 0. The van der Waals surface area contributed by atoms with Gasteiger partial charge in [0.25, 0.3) is 0 Å². The van der Waals surface area contributed by atoms with Crippen molar-refractivity contribution in [3.05, 3.63) is 40.9 Å². The second-order valence-electron chi connectivity index (χ2n) is 2.89. The van der Waals surface area contributed by atoms with E-state index in [0.29, 0.717) is 23.0 Å². The van der Waals surface area contributed by atoms with Crippen LogP contribution in [0.25, 0.3) is 0 Å². The van der Waals surface area contributed by atoms with Crippen LogP contribution in [0.1, 0.15) is 16.8 Å². The molecular formula is C10H8ClNO2.